The standard InChI is InChI=1S/C15H14FNO4/c1-10(18)12-2-4-15(5-3-12)21-9-11-6-13(16)8-14(7-11)17(19)20/h2-8,10,18H,9H2,1H3/t10-/m0/s1. The van der Waals surface area contributed by atoms with Gasteiger partial charge in [-0.3, -0.25) is 10.1 Å². The number of nitro groups is 1. The highest BCUT2D eigenvalue weighted by atomic mass is 19.1. The first-order valence-corrected chi connectivity index (χ1v) is 6.30. The maximum Gasteiger partial charge on any atom is 0.272 e. The van der Waals surface area contributed by atoms with E-state index in [0.717, 1.165) is 11.6 Å². The molecule has 0 saturated heterocycles. The molecule has 0 aliphatic carbocycles. The lowest BCUT2D eigenvalue weighted by molar-refractivity contribution is -0.385. The first-order valence-electron chi connectivity index (χ1n) is 6.30. The van der Waals surface area contributed by atoms with Gasteiger partial charge in [-0.05, 0) is 36.2 Å². The number of aliphatic hydroxyl groups is 1. The van der Waals surface area contributed by atoms with Crippen LogP contribution in [-0.4, -0.2) is 10.0 Å². The van der Waals surface area contributed by atoms with Crippen molar-refractivity contribution in [3.05, 3.63) is 69.5 Å². The van der Waals surface area contributed by atoms with Gasteiger partial charge in [0.15, 0.2) is 0 Å². The van der Waals surface area contributed by atoms with Gasteiger partial charge in [0, 0.05) is 6.07 Å². The van der Waals surface area contributed by atoms with Crippen LogP contribution >= 0.6 is 0 Å². The predicted octanol–water partition coefficient (Wildman–Crippen LogP) is 3.37. The molecule has 0 aromatic heterocycles. The van der Waals surface area contributed by atoms with Crippen molar-refractivity contribution < 1.29 is 19.2 Å². The van der Waals surface area contributed by atoms with Crippen molar-refractivity contribution in [2.45, 2.75) is 19.6 Å². The molecule has 0 aliphatic heterocycles. The zero-order chi connectivity index (χ0) is 15.4. The molecule has 21 heavy (non-hydrogen) atoms. The Bertz CT molecular complexity index is 641. The molecule has 1 N–H and O–H groups in total. The molecule has 0 bridgehead atoms. The molecule has 2 aromatic carbocycles. The molecule has 6 heteroatoms. The molecule has 5 nitrogen and oxygen atoms in total. The summed E-state index contributed by atoms with van der Waals surface area (Å²) in [5.74, 6) is -0.140. The predicted molar refractivity (Wildman–Crippen MR) is 74.5 cm³/mol. The number of nitrogens with zero attached hydrogens (tertiary/aromatic N) is 1. The van der Waals surface area contributed by atoms with Gasteiger partial charge in [0.25, 0.3) is 5.69 Å². The Kier molecular flexibility index (Phi) is 4.49. The maximum absolute atomic E-state index is 13.3. The molecule has 0 radical (unpaired) electrons. The summed E-state index contributed by atoms with van der Waals surface area (Å²) in [4.78, 5) is 10.0. The van der Waals surface area contributed by atoms with Gasteiger partial charge in [-0.15, -0.1) is 0 Å². The Morgan fingerprint density at radius 2 is 1.95 bits per heavy atom. The first-order chi connectivity index (χ1) is 9.95. The number of ether oxygens (including phenoxy) is 1. The van der Waals surface area contributed by atoms with Crippen LogP contribution < -0.4 is 4.74 Å². The molecule has 0 amide bonds. The molecule has 2 rings (SSSR count). The Morgan fingerprint density at radius 3 is 2.52 bits per heavy atom. The number of rotatable bonds is 5. The summed E-state index contributed by atoms with van der Waals surface area (Å²) in [6, 6.07) is 10.1. The highest BCUT2D eigenvalue weighted by molar-refractivity contribution is 5.35. The topological polar surface area (TPSA) is 72.6 Å². The number of halogens is 1. The molecular weight excluding hydrogens is 277 g/mol. The second kappa shape index (κ2) is 6.32. The van der Waals surface area contributed by atoms with Gasteiger partial charge < -0.3 is 9.84 Å². The summed E-state index contributed by atoms with van der Waals surface area (Å²) in [7, 11) is 0. The molecule has 0 aliphatic rings. The quantitative estimate of drug-likeness (QED) is 0.677. The third-order valence-corrected chi connectivity index (χ3v) is 2.92. The van der Waals surface area contributed by atoms with E-state index in [2.05, 4.69) is 0 Å². The van der Waals surface area contributed by atoms with Crippen LogP contribution in [-0.2, 0) is 6.61 Å². The smallest absolute Gasteiger partial charge is 0.272 e. The highest BCUT2D eigenvalue weighted by Crippen LogP contribution is 2.20. The van der Waals surface area contributed by atoms with Gasteiger partial charge in [-0.1, -0.05) is 12.1 Å². The lowest BCUT2D eigenvalue weighted by atomic mass is 10.1. The van der Waals surface area contributed by atoms with E-state index in [1.807, 2.05) is 0 Å². The van der Waals surface area contributed by atoms with Crippen LogP contribution in [0.3, 0.4) is 0 Å². The second-order valence-electron chi connectivity index (χ2n) is 4.61. The lowest BCUT2D eigenvalue weighted by Gasteiger charge is -2.08. The summed E-state index contributed by atoms with van der Waals surface area (Å²) in [5, 5.41) is 20.0. The molecule has 0 fully saturated rings. The number of hydrogen-bond acceptors (Lipinski definition) is 4. The summed E-state index contributed by atoms with van der Waals surface area (Å²) in [6.45, 7) is 1.67. The van der Waals surface area contributed by atoms with E-state index in [1.54, 1.807) is 31.2 Å². The number of non-ortho nitro benzene ring substituents is 1. The maximum atomic E-state index is 13.3. The van der Waals surface area contributed by atoms with E-state index < -0.39 is 16.8 Å². The fourth-order valence-electron chi connectivity index (χ4n) is 1.83. The molecular formula is C15H14FNO4. The molecule has 0 spiro atoms. The van der Waals surface area contributed by atoms with E-state index in [4.69, 9.17) is 4.74 Å². The van der Waals surface area contributed by atoms with Crippen molar-refractivity contribution in [3.63, 3.8) is 0 Å². The Labute approximate surface area is 120 Å². The third kappa shape index (κ3) is 4.00. The summed E-state index contributed by atoms with van der Waals surface area (Å²) >= 11 is 0. The van der Waals surface area contributed by atoms with Crippen molar-refractivity contribution in [1.82, 2.24) is 0 Å². The number of benzene rings is 2. The van der Waals surface area contributed by atoms with Crippen LogP contribution in [0.1, 0.15) is 24.2 Å². The van der Waals surface area contributed by atoms with Gasteiger partial charge in [-0.2, -0.15) is 0 Å². The number of hydrogen-bond donors (Lipinski definition) is 1. The molecule has 1 atom stereocenters. The summed E-state index contributed by atoms with van der Waals surface area (Å²) in [6.07, 6.45) is -0.565. The number of aliphatic hydroxyl groups excluding tert-OH is 1. The van der Waals surface area contributed by atoms with E-state index in [0.29, 0.717) is 11.3 Å². The number of nitro benzene ring substituents is 1. The van der Waals surface area contributed by atoms with E-state index >= 15 is 0 Å². The van der Waals surface area contributed by atoms with E-state index in [9.17, 15) is 19.6 Å². The van der Waals surface area contributed by atoms with Crippen LogP contribution in [0, 0.1) is 15.9 Å². The lowest BCUT2D eigenvalue weighted by Crippen LogP contribution is -1.99. The van der Waals surface area contributed by atoms with Gasteiger partial charge >= 0.3 is 0 Å². The Hall–Kier alpha value is -2.47. The molecule has 0 unspecified atom stereocenters. The first kappa shape index (κ1) is 14.9. The average molecular weight is 291 g/mol. The molecule has 0 saturated carbocycles. The summed E-state index contributed by atoms with van der Waals surface area (Å²) < 4.78 is 18.7. The highest BCUT2D eigenvalue weighted by Gasteiger charge is 2.10. The van der Waals surface area contributed by atoms with Crippen molar-refractivity contribution in [3.8, 4) is 5.75 Å². The molecule has 2 aromatic rings. The van der Waals surface area contributed by atoms with Gasteiger partial charge in [0.1, 0.15) is 18.2 Å². The van der Waals surface area contributed by atoms with Crippen molar-refractivity contribution >= 4 is 5.69 Å². The minimum atomic E-state index is -0.674. The van der Waals surface area contributed by atoms with E-state index in [1.165, 1.54) is 12.1 Å². The minimum Gasteiger partial charge on any atom is -0.489 e. The van der Waals surface area contributed by atoms with Gasteiger partial charge in [0.2, 0.25) is 0 Å². The monoisotopic (exact) mass is 291 g/mol. The zero-order valence-corrected chi connectivity index (χ0v) is 11.3. The van der Waals surface area contributed by atoms with Crippen molar-refractivity contribution in [1.29, 1.82) is 0 Å². The zero-order valence-electron chi connectivity index (χ0n) is 11.3. The van der Waals surface area contributed by atoms with Crippen molar-refractivity contribution in [2.24, 2.45) is 0 Å². The largest absolute Gasteiger partial charge is 0.489 e. The van der Waals surface area contributed by atoms with E-state index in [-0.39, 0.29) is 12.3 Å². The van der Waals surface area contributed by atoms with Crippen molar-refractivity contribution in [2.75, 3.05) is 0 Å². The fourth-order valence-corrected chi connectivity index (χ4v) is 1.83. The normalized spacial score (nSPS) is 12.0. The van der Waals surface area contributed by atoms with Crippen LogP contribution in [0.25, 0.3) is 0 Å². The Balaban J connectivity index is 2.07. The fraction of sp³-hybridized carbons (Fsp3) is 0.200. The average Bonchev–Trinajstić information content (AvgIpc) is 2.45. The van der Waals surface area contributed by atoms with Crippen LogP contribution in [0.2, 0.25) is 0 Å². The minimum absolute atomic E-state index is 0.0205. The van der Waals surface area contributed by atoms with Crippen LogP contribution in [0.15, 0.2) is 42.5 Å². The van der Waals surface area contributed by atoms with Crippen LogP contribution in [0.4, 0.5) is 10.1 Å². The van der Waals surface area contributed by atoms with Crippen LogP contribution in [0.5, 0.6) is 5.75 Å². The SMILES string of the molecule is C[C@H](O)c1ccc(OCc2cc(F)cc([N+](=O)[O-])c2)cc1. The summed E-state index contributed by atoms with van der Waals surface area (Å²) in [5.41, 5.74) is 0.822. The van der Waals surface area contributed by atoms with Gasteiger partial charge in [0.05, 0.1) is 17.1 Å². The second-order valence-corrected chi connectivity index (χ2v) is 4.61. The third-order valence-electron chi connectivity index (χ3n) is 2.92. The molecule has 110 valence electrons. The van der Waals surface area contributed by atoms with Gasteiger partial charge in [-0.25, -0.2) is 4.39 Å². The Morgan fingerprint density at radius 1 is 1.29 bits per heavy atom. The molecule has 0 heterocycles.